The van der Waals surface area contributed by atoms with Gasteiger partial charge in [-0.05, 0) is 32.6 Å². The highest BCUT2D eigenvalue weighted by molar-refractivity contribution is 7.98. The minimum Gasteiger partial charge on any atom is -0.370 e. The van der Waals surface area contributed by atoms with E-state index in [4.69, 9.17) is 14.7 Å². The molecule has 5 heteroatoms. The zero-order valence-corrected chi connectivity index (χ0v) is 12.5. The molecule has 19 heavy (non-hydrogen) atoms. The van der Waals surface area contributed by atoms with Gasteiger partial charge in [-0.25, -0.2) is 9.97 Å². The van der Waals surface area contributed by atoms with Crippen LogP contribution >= 0.6 is 11.8 Å². The number of methoxy groups -OCH3 is 1. The van der Waals surface area contributed by atoms with Gasteiger partial charge >= 0.3 is 0 Å². The van der Waals surface area contributed by atoms with E-state index in [1.807, 2.05) is 11.8 Å². The lowest BCUT2D eigenvalue weighted by molar-refractivity contribution is -0.0163. The van der Waals surface area contributed by atoms with E-state index in [1.165, 1.54) is 24.1 Å². The standard InChI is InChI=1S/C14H21N3OS/c1-3-15-12-10-8-19-9-11(10)16-13(17-12)14(18-2)6-4-5-7-14/h3-9H2,1-2H3,(H,15,16,17). The molecule has 1 saturated carbocycles. The van der Waals surface area contributed by atoms with Gasteiger partial charge in [0.05, 0.1) is 5.69 Å². The summed E-state index contributed by atoms with van der Waals surface area (Å²) in [5.74, 6) is 3.95. The van der Waals surface area contributed by atoms with E-state index in [1.54, 1.807) is 7.11 Å². The topological polar surface area (TPSA) is 47.0 Å². The summed E-state index contributed by atoms with van der Waals surface area (Å²) in [7, 11) is 1.80. The van der Waals surface area contributed by atoms with Crippen molar-refractivity contribution < 1.29 is 4.74 Å². The number of ether oxygens (including phenoxy) is 1. The lowest BCUT2D eigenvalue weighted by Gasteiger charge is -2.26. The Hall–Kier alpha value is -0.810. The van der Waals surface area contributed by atoms with Gasteiger partial charge in [0, 0.05) is 30.7 Å². The van der Waals surface area contributed by atoms with Crippen LogP contribution in [0.2, 0.25) is 0 Å². The van der Waals surface area contributed by atoms with Crippen molar-refractivity contribution in [2.45, 2.75) is 49.7 Å². The maximum Gasteiger partial charge on any atom is 0.162 e. The Kier molecular flexibility index (Phi) is 3.67. The minimum absolute atomic E-state index is 0.244. The molecule has 104 valence electrons. The van der Waals surface area contributed by atoms with E-state index in [0.717, 1.165) is 42.5 Å². The summed E-state index contributed by atoms with van der Waals surface area (Å²) >= 11 is 1.92. The second-order valence-corrected chi connectivity index (χ2v) is 6.24. The summed E-state index contributed by atoms with van der Waals surface area (Å²) in [5.41, 5.74) is 2.25. The molecular weight excluding hydrogens is 258 g/mol. The average molecular weight is 279 g/mol. The molecular formula is C14H21N3OS. The summed E-state index contributed by atoms with van der Waals surface area (Å²) in [4.78, 5) is 9.62. The van der Waals surface area contributed by atoms with Gasteiger partial charge in [0.1, 0.15) is 11.4 Å². The maximum atomic E-state index is 5.82. The minimum atomic E-state index is -0.244. The van der Waals surface area contributed by atoms with Gasteiger partial charge in [-0.15, -0.1) is 0 Å². The molecule has 0 spiro atoms. The second kappa shape index (κ2) is 5.29. The smallest absolute Gasteiger partial charge is 0.162 e. The van der Waals surface area contributed by atoms with E-state index in [0.29, 0.717) is 0 Å². The highest BCUT2D eigenvalue weighted by Crippen LogP contribution is 2.42. The summed E-state index contributed by atoms with van der Waals surface area (Å²) in [6.07, 6.45) is 4.50. The van der Waals surface area contributed by atoms with Crippen molar-refractivity contribution in [3.63, 3.8) is 0 Å². The molecule has 0 saturated heterocycles. The largest absolute Gasteiger partial charge is 0.370 e. The number of anilines is 1. The summed E-state index contributed by atoms with van der Waals surface area (Å²) in [6, 6.07) is 0. The first kappa shape index (κ1) is 13.2. The summed E-state index contributed by atoms with van der Waals surface area (Å²) in [6.45, 7) is 3.01. The van der Waals surface area contributed by atoms with Gasteiger partial charge < -0.3 is 10.1 Å². The Morgan fingerprint density at radius 1 is 1.26 bits per heavy atom. The predicted octanol–water partition coefficient (Wildman–Crippen LogP) is 3.07. The molecule has 0 unspecified atom stereocenters. The molecule has 2 aliphatic rings. The van der Waals surface area contributed by atoms with E-state index < -0.39 is 0 Å². The van der Waals surface area contributed by atoms with Crippen LogP contribution in [0.15, 0.2) is 0 Å². The van der Waals surface area contributed by atoms with E-state index in [2.05, 4.69) is 12.2 Å². The Morgan fingerprint density at radius 2 is 2.05 bits per heavy atom. The van der Waals surface area contributed by atoms with E-state index in [-0.39, 0.29) is 5.60 Å². The number of hydrogen-bond donors (Lipinski definition) is 1. The Balaban J connectivity index is 2.04. The van der Waals surface area contributed by atoms with Crippen LogP contribution < -0.4 is 5.32 Å². The molecule has 0 atom stereocenters. The maximum absolute atomic E-state index is 5.82. The molecule has 1 fully saturated rings. The Morgan fingerprint density at radius 3 is 2.74 bits per heavy atom. The number of rotatable bonds is 4. The first-order valence-electron chi connectivity index (χ1n) is 7.06. The van der Waals surface area contributed by atoms with Gasteiger partial charge in [-0.2, -0.15) is 11.8 Å². The van der Waals surface area contributed by atoms with Crippen LogP contribution in [0.5, 0.6) is 0 Å². The normalized spacial score (nSPS) is 20.5. The molecule has 1 aliphatic carbocycles. The van der Waals surface area contributed by atoms with Crippen LogP contribution in [-0.4, -0.2) is 23.6 Å². The van der Waals surface area contributed by atoms with Gasteiger partial charge in [0.25, 0.3) is 0 Å². The van der Waals surface area contributed by atoms with Crippen molar-refractivity contribution in [2.24, 2.45) is 0 Å². The third-order valence-electron chi connectivity index (χ3n) is 4.13. The van der Waals surface area contributed by atoms with Crippen molar-refractivity contribution in [1.29, 1.82) is 0 Å². The van der Waals surface area contributed by atoms with Gasteiger partial charge in [-0.3, -0.25) is 0 Å². The molecule has 1 N–H and O–H groups in total. The Labute approximate surface area is 118 Å². The molecule has 0 bridgehead atoms. The molecule has 4 nitrogen and oxygen atoms in total. The third-order valence-corrected chi connectivity index (χ3v) is 5.10. The van der Waals surface area contributed by atoms with Crippen LogP contribution in [0.1, 0.15) is 49.7 Å². The molecule has 1 aliphatic heterocycles. The molecule has 0 aromatic carbocycles. The molecule has 0 radical (unpaired) electrons. The van der Waals surface area contributed by atoms with Crippen LogP contribution in [0, 0.1) is 0 Å². The van der Waals surface area contributed by atoms with E-state index >= 15 is 0 Å². The number of thioether (sulfide) groups is 1. The predicted molar refractivity (Wildman–Crippen MR) is 78.3 cm³/mol. The molecule has 1 aromatic rings. The fraction of sp³-hybridized carbons (Fsp3) is 0.714. The SMILES string of the molecule is CCNc1nc(C2(OC)CCCC2)nc2c1CSC2. The number of nitrogens with zero attached hydrogens (tertiary/aromatic N) is 2. The second-order valence-electron chi connectivity index (χ2n) is 5.25. The summed E-state index contributed by atoms with van der Waals surface area (Å²) in [5, 5.41) is 3.39. The van der Waals surface area contributed by atoms with Crippen LogP contribution in [0.25, 0.3) is 0 Å². The van der Waals surface area contributed by atoms with Crippen molar-refractivity contribution in [3.05, 3.63) is 17.1 Å². The lowest BCUT2D eigenvalue weighted by Crippen LogP contribution is -2.28. The Bertz CT molecular complexity index is 472. The highest BCUT2D eigenvalue weighted by Gasteiger charge is 2.39. The molecule has 3 rings (SSSR count). The van der Waals surface area contributed by atoms with Crippen molar-refractivity contribution in [3.8, 4) is 0 Å². The van der Waals surface area contributed by atoms with Crippen LogP contribution in [-0.2, 0) is 21.8 Å². The lowest BCUT2D eigenvalue weighted by atomic mass is 10.0. The average Bonchev–Trinajstić information content (AvgIpc) is 3.08. The van der Waals surface area contributed by atoms with Gasteiger partial charge in [0.15, 0.2) is 5.82 Å². The number of hydrogen-bond acceptors (Lipinski definition) is 5. The highest BCUT2D eigenvalue weighted by atomic mass is 32.2. The fourth-order valence-electron chi connectivity index (χ4n) is 3.03. The first-order valence-corrected chi connectivity index (χ1v) is 8.21. The monoisotopic (exact) mass is 279 g/mol. The van der Waals surface area contributed by atoms with E-state index in [9.17, 15) is 0 Å². The first-order chi connectivity index (χ1) is 9.29. The zero-order valence-electron chi connectivity index (χ0n) is 11.7. The fourth-order valence-corrected chi connectivity index (χ4v) is 4.08. The van der Waals surface area contributed by atoms with Crippen LogP contribution in [0.3, 0.4) is 0 Å². The van der Waals surface area contributed by atoms with Crippen molar-refractivity contribution >= 4 is 17.6 Å². The molecule has 2 heterocycles. The third kappa shape index (κ3) is 2.23. The number of aromatic nitrogens is 2. The zero-order chi connectivity index (χ0) is 13.3. The quantitative estimate of drug-likeness (QED) is 0.918. The van der Waals surface area contributed by atoms with Gasteiger partial charge in [-0.1, -0.05) is 0 Å². The molecule has 1 aromatic heterocycles. The number of fused-ring (bicyclic) bond motifs is 1. The van der Waals surface area contributed by atoms with Crippen molar-refractivity contribution in [1.82, 2.24) is 9.97 Å². The van der Waals surface area contributed by atoms with Crippen LogP contribution in [0.4, 0.5) is 5.82 Å². The van der Waals surface area contributed by atoms with Crippen molar-refractivity contribution in [2.75, 3.05) is 19.0 Å². The summed E-state index contributed by atoms with van der Waals surface area (Å²) < 4.78 is 5.82. The van der Waals surface area contributed by atoms with Gasteiger partial charge in [0.2, 0.25) is 0 Å². The number of nitrogens with one attached hydrogen (secondary N) is 1. The molecule has 0 amide bonds.